The maximum Gasteiger partial charge on any atom is 0.255 e. The molecule has 0 aliphatic rings. The minimum absolute atomic E-state index is 0.0809. The van der Waals surface area contributed by atoms with Crippen molar-refractivity contribution in [2.75, 3.05) is 7.05 Å². The number of carbonyl (C=O) groups is 1. The minimum atomic E-state index is -0.0809. The Morgan fingerprint density at radius 2 is 1.96 bits per heavy atom. The van der Waals surface area contributed by atoms with Crippen LogP contribution in [0, 0.1) is 6.92 Å². The molecular formula is C18H26N4O. The molecule has 0 radical (unpaired) electrons. The van der Waals surface area contributed by atoms with Crippen molar-refractivity contribution in [3.05, 3.63) is 52.8 Å². The fraction of sp³-hybridized carbons (Fsp3) is 0.444. The van der Waals surface area contributed by atoms with Crippen molar-refractivity contribution >= 4 is 5.91 Å². The predicted octanol–water partition coefficient (Wildman–Crippen LogP) is 2.50. The Morgan fingerprint density at radius 1 is 1.30 bits per heavy atom. The molecular weight excluding hydrogens is 288 g/mol. The molecule has 0 unspecified atom stereocenters. The molecule has 5 heteroatoms. The van der Waals surface area contributed by atoms with Crippen molar-refractivity contribution in [2.45, 2.75) is 39.9 Å². The van der Waals surface area contributed by atoms with E-state index in [2.05, 4.69) is 48.3 Å². The van der Waals surface area contributed by atoms with E-state index in [-0.39, 0.29) is 5.91 Å². The van der Waals surface area contributed by atoms with Gasteiger partial charge in [0.25, 0.3) is 5.91 Å². The highest BCUT2D eigenvalue weighted by atomic mass is 16.1. The Morgan fingerprint density at radius 3 is 2.52 bits per heavy atom. The van der Waals surface area contributed by atoms with Gasteiger partial charge in [-0.25, -0.2) is 0 Å². The summed E-state index contributed by atoms with van der Waals surface area (Å²) < 4.78 is 1.71. The summed E-state index contributed by atoms with van der Waals surface area (Å²) in [6.45, 7) is 7.64. The molecule has 2 rings (SSSR count). The highest BCUT2D eigenvalue weighted by Crippen LogP contribution is 2.13. The van der Waals surface area contributed by atoms with Crippen LogP contribution >= 0.6 is 0 Å². The molecule has 1 heterocycles. The van der Waals surface area contributed by atoms with Gasteiger partial charge in [-0.05, 0) is 38.9 Å². The zero-order chi connectivity index (χ0) is 17.0. The van der Waals surface area contributed by atoms with Crippen LogP contribution < -0.4 is 5.32 Å². The summed E-state index contributed by atoms with van der Waals surface area (Å²) in [5.41, 5.74) is 3.89. The van der Waals surface area contributed by atoms with Gasteiger partial charge in [0, 0.05) is 31.9 Å². The molecule has 23 heavy (non-hydrogen) atoms. The van der Waals surface area contributed by atoms with E-state index in [0.717, 1.165) is 17.8 Å². The number of aryl methyl sites for hydroxylation is 1. The number of hydrogen-bond acceptors (Lipinski definition) is 3. The van der Waals surface area contributed by atoms with Gasteiger partial charge in [0.05, 0.1) is 11.8 Å². The highest BCUT2D eigenvalue weighted by molar-refractivity contribution is 5.94. The Kier molecular flexibility index (Phi) is 5.55. The zero-order valence-electron chi connectivity index (χ0n) is 14.6. The summed E-state index contributed by atoms with van der Waals surface area (Å²) in [6, 6.07) is 8.72. The van der Waals surface area contributed by atoms with Gasteiger partial charge < -0.3 is 5.32 Å². The lowest BCUT2D eigenvalue weighted by atomic mass is 10.1. The molecule has 0 bridgehead atoms. The van der Waals surface area contributed by atoms with Gasteiger partial charge in [-0.15, -0.1) is 0 Å². The lowest BCUT2D eigenvalue weighted by Crippen LogP contribution is -2.27. The minimum Gasteiger partial charge on any atom is -0.348 e. The van der Waals surface area contributed by atoms with E-state index < -0.39 is 0 Å². The first-order valence-corrected chi connectivity index (χ1v) is 7.94. The van der Waals surface area contributed by atoms with Gasteiger partial charge in [0.2, 0.25) is 0 Å². The summed E-state index contributed by atoms with van der Waals surface area (Å²) in [5.74, 6) is -0.0809. The Balaban J connectivity index is 2.06. The number of benzene rings is 1. The second-order valence-corrected chi connectivity index (χ2v) is 6.23. The molecule has 1 aromatic carbocycles. The Labute approximate surface area is 138 Å². The topological polar surface area (TPSA) is 50.2 Å². The van der Waals surface area contributed by atoms with Crippen molar-refractivity contribution in [2.24, 2.45) is 7.05 Å². The number of aromatic nitrogens is 2. The van der Waals surface area contributed by atoms with Crippen LogP contribution in [0.2, 0.25) is 0 Å². The molecule has 0 atom stereocenters. The molecule has 1 amide bonds. The van der Waals surface area contributed by atoms with Crippen LogP contribution in [-0.2, 0) is 20.1 Å². The second kappa shape index (κ2) is 7.42. The number of rotatable bonds is 6. The smallest absolute Gasteiger partial charge is 0.255 e. The molecule has 124 valence electrons. The number of amides is 1. The number of nitrogens with one attached hydrogen (secondary N) is 1. The molecule has 0 saturated heterocycles. The summed E-state index contributed by atoms with van der Waals surface area (Å²) in [7, 11) is 3.95. The lowest BCUT2D eigenvalue weighted by molar-refractivity contribution is 0.0950. The van der Waals surface area contributed by atoms with E-state index in [4.69, 9.17) is 0 Å². The summed E-state index contributed by atoms with van der Waals surface area (Å²) in [5, 5.41) is 7.12. The summed E-state index contributed by atoms with van der Waals surface area (Å²) in [4.78, 5) is 14.6. The van der Waals surface area contributed by atoms with E-state index in [1.165, 1.54) is 5.56 Å². The predicted molar refractivity (Wildman–Crippen MR) is 92.2 cm³/mol. The highest BCUT2D eigenvalue weighted by Gasteiger charge is 2.13. The first-order valence-electron chi connectivity index (χ1n) is 7.94. The van der Waals surface area contributed by atoms with Crippen molar-refractivity contribution in [1.29, 1.82) is 0 Å². The molecule has 0 spiro atoms. The molecule has 0 aliphatic carbocycles. The quantitative estimate of drug-likeness (QED) is 0.891. The Hall–Kier alpha value is -2.14. The first kappa shape index (κ1) is 17.2. The monoisotopic (exact) mass is 314 g/mol. The normalized spacial score (nSPS) is 11.3. The van der Waals surface area contributed by atoms with Gasteiger partial charge in [-0.2, -0.15) is 5.10 Å². The molecule has 1 aromatic heterocycles. The van der Waals surface area contributed by atoms with Gasteiger partial charge in [0.1, 0.15) is 0 Å². The molecule has 5 nitrogen and oxygen atoms in total. The largest absolute Gasteiger partial charge is 0.348 e. The van der Waals surface area contributed by atoms with Crippen LogP contribution in [0.4, 0.5) is 0 Å². The van der Waals surface area contributed by atoms with E-state index in [9.17, 15) is 4.79 Å². The van der Waals surface area contributed by atoms with Crippen molar-refractivity contribution < 1.29 is 4.79 Å². The molecule has 1 N–H and O–H groups in total. The standard InChI is InChI=1S/C18H26N4O/c1-13(2)21(4)12-16-9-7-6-8-15(16)10-19-18(23)17-11-20-22(5)14(17)3/h6-9,11,13H,10,12H2,1-5H3,(H,19,23). The van der Waals surface area contributed by atoms with E-state index >= 15 is 0 Å². The van der Waals surface area contributed by atoms with Crippen LogP contribution in [-0.4, -0.2) is 33.7 Å². The zero-order valence-corrected chi connectivity index (χ0v) is 14.6. The van der Waals surface area contributed by atoms with Gasteiger partial charge >= 0.3 is 0 Å². The average molecular weight is 314 g/mol. The van der Waals surface area contributed by atoms with E-state index in [1.54, 1.807) is 10.9 Å². The van der Waals surface area contributed by atoms with Crippen LogP contribution in [0.5, 0.6) is 0 Å². The first-order chi connectivity index (χ1) is 10.9. The van der Waals surface area contributed by atoms with Crippen LogP contribution in [0.3, 0.4) is 0 Å². The number of carbonyl (C=O) groups excluding carboxylic acids is 1. The SMILES string of the molecule is Cc1c(C(=O)NCc2ccccc2CN(C)C(C)C)cnn1C. The fourth-order valence-corrected chi connectivity index (χ4v) is 2.33. The third-order valence-electron chi connectivity index (χ3n) is 4.34. The fourth-order valence-electron chi connectivity index (χ4n) is 2.33. The van der Waals surface area contributed by atoms with E-state index in [0.29, 0.717) is 18.2 Å². The van der Waals surface area contributed by atoms with Crippen LogP contribution in [0.1, 0.15) is 41.0 Å². The molecule has 2 aromatic rings. The van der Waals surface area contributed by atoms with Gasteiger partial charge in [-0.3, -0.25) is 14.4 Å². The third kappa shape index (κ3) is 4.20. The van der Waals surface area contributed by atoms with Crippen molar-refractivity contribution in [1.82, 2.24) is 20.0 Å². The van der Waals surface area contributed by atoms with Crippen LogP contribution in [0.25, 0.3) is 0 Å². The number of nitrogens with zero attached hydrogens (tertiary/aromatic N) is 3. The van der Waals surface area contributed by atoms with Crippen molar-refractivity contribution in [3.8, 4) is 0 Å². The third-order valence-corrected chi connectivity index (χ3v) is 4.34. The molecule has 0 fully saturated rings. The van der Waals surface area contributed by atoms with Gasteiger partial charge in [0.15, 0.2) is 0 Å². The molecule has 0 aliphatic heterocycles. The summed E-state index contributed by atoms with van der Waals surface area (Å²) in [6.07, 6.45) is 1.61. The van der Waals surface area contributed by atoms with Crippen molar-refractivity contribution in [3.63, 3.8) is 0 Å². The average Bonchev–Trinajstić information content (AvgIpc) is 2.85. The Bertz CT molecular complexity index is 675. The van der Waals surface area contributed by atoms with Gasteiger partial charge in [-0.1, -0.05) is 24.3 Å². The maximum atomic E-state index is 12.3. The molecule has 0 saturated carbocycles. The maximum absolute atomic E-state index is 12.3. The summed E-state index contributed by atoms with van der Waals surface area (Å²) >= 11 is 0. The number of hydrogen-bond donors (Lipinski definition) is 1. The van der Waals surface area contributed by atoms with E-state index in [1.807, 2.05) is 26.1 Å². The lowest BCUT2D eigenvalue weighted by Gasteiger charge is -2.22. The second-order valence-electron chi connectivity index (χ2n) is 6.23. The van der Waals surface area contributed by atoms with Crippen LogP contribution in [0.15, 0.2) is 30.5 Å².